The molecule has 4 nitrogen and oxygen atoms in total. The summed E-state index contributed by atoms with van der Waals surface area (Å²) in [4.78, 5) is 0. The zero-order valence-electron chi connectivity index (χ0n) is 20.3. The lowest BCUT2D eigenvalue weighted by Crippen LogP contribution is -2.05. The van der Waals surface area contributed by atoms with Crippen molar-refractivity contribution in [1.82, 2.24) is 0 Å². The molecule has 0 bridgehead atoms. The van der Waals surface area contributed by atoms with Crippen LogP contribution >= 0.6 is 0 Å². The lowest BCUT2D eigenvalue weighted by atomic mass is 10.1. The summed E-state index contributed by atoms with van der Waals surface area (Å²) in [5.41, 5.74) is 0. The SMILES string of the molecule is CCCCCCCCCCCCOC(OCCCCCCCCCCCC)=C(O)O. The molecule has 0 aliphatic heterocycles. The topological polar surface area (TPSA) is 58.9 Å². The standard InChI is InChI=1S/C26H52O4/c1-3-5-7-9-11-13-15-17-19-21-23-29-26(25(27)28)30-24-22-20-18-16-14-12-10-8-6-4-2/h27-28H,3-24H2,1-2H3. The molecule has 0 amide bonds. The van der Waals surface area contributed by atoms with Gasteiger partial charge in [-0.2, -0.15) is 0 Å². The quantitative estimate of drug-likeness (QED) is 0.119. The van der Waals surface area contributed by atoms with Crippen molar-refractivity contribution in [3.05, 3.63) is 11.9 Å². The third-order valence-electron chi connectivity index (χ3n) is 5.64. The van der Waals surface area contributed by atoms with E-state index in [1.807, 2.05) is 0 Å². The first-order chi connectivity index (χ1) is 14.7. The molecule has 2 N–H and O–H groups in total. The predicted octanol–water partition coefficient (Wildman–Crippen LogP) is 9.10. The summed E-state index contributed by atoms with van der Waals surface area (Å²) < 4.78 is 10.8. The van der Waals surface area contributed by atoms with Crippen molar-refractivity contribution in [1.29, 1.82) is 0 Å². The molecule has 0 unspecified atom stereocenters. The molecular weight excluding hydrogens is 376 g/mol. The highest BCUT2D eigenvalue weighted by atomic mass is 16.7. The lowest BCUT2D eigenvalue weighted by Gasteiger charge is -2.11. The van der Waals surface area contributed by atoms with Gasteiger partial charge in [-0.25, -0.2) is 0 Å². The van der Waals surface area contributed by atoms with Crippen LogP contribution in [-0.2, 0) is 9.47 Å². The Labute approximate surface area is 187 Å². The van der Waals surface area contributed by atoms with Gasteiger partial charge >= 0.3 is 11.9 Å². The molecule has 180 valence electrons. The van der Waals surface area contributed by atoms with Crippen LogP contribution in [0.5, 0.6) is 0 Å². The van der Waals surface area contributed by atoms with Gasteiger partial charge in [-0.15, -0.1) is 0 Å². The number of aliphatic hydroxyl groups is 2. The van der Waals surface area contributed by atoms with Crippen molar-refractivity contribution in [3.63, 3.8) is 0 Å². The Kier molecular flexibility index (Phi) is 23.4. The molecule has 30 heavy (non-hydrogen) atoms. The summed E-state index contributed by atoms with van der Waals surface area (Å²) in [6.07, 6.45) is 25.3. The van der Waals surface area contributed by atoms with Crippen LogP contribution in [0.3, 0.4) is 0 Å². The average Bonchev–Trinajstić information content (AvgIpc) is 2.74. The predicted molar refractivity (Wildman–Crippen MR) is 128 cm³/mol. The molecule has 0 aliphatic carbocycles. The second-order valence-electron chi connectivity index (χ2n) is 8.67. The molecule has 0 aliphatic rings. The van der Waals surface area contributed by atoms with Gasteiger partial charge in [-0.05, 0) is 12.8 Å². The monoisotopic (exact) mass is 428 g/mol. The van der Waals surface area contributed by atoms with Gasteiger partial charge in [-0.3, -0.25) is 0 Å². The van der Waals surface area contributed by atoms with Gasteiger partial charge in [0.1, 0.15) is 0 Å². The summed E-state index contributed by atoms with van der Waals surface area (Å²) in [6.45, 7) is 5.47. The second kappa shape index (κ2) is 24.2. The lowest BCUT2D eigenvalue weighted by molar-refractivity contribution is -0.00690. The number of hydrogen-bond acceptors (Lipinski definition) is 4. The van der Waals surface area contributed by atoms with E-state index in [9.17, 15) is 10.2 Å². The Balaban J connectivity index is 3.46. The molecule has 0 rings (SSSR count). The van der Waals surface area contributed by atoms with E-state index < -0.39 is 5.95 Å². The fraction of sp³-hybridized carbons (Fsp3) is 0.923. The number of aliphatic hydroxyl groups excluding tert-OH is 1. The first kappa shape index (κ1) is 28.9. The number of rotatable bonds is 24. The van der Waals surface area contributed by atoms with Crippen molar-refractivity contribution in [2.24, 2.45) is 0 Å². The van der Waals surface area contributed by atoms with Crippen LogP contribution in [-0.4, -0.2) is 23.4 Å². The Bertz CT molecular complexity index is 336. The normalized spacial score (nSPS) is 10.9. The van der Waals surface area contributed by atoms with E-state index in [0.717, 1.165) is 25.7 Å². The summed E-state index contributed by atoms with van der Waals surface area (Å²) in [6, 6.07) is 0. The van der Waals surface area contributed by atoms with Gasteiger partial charge in [0.2, 0.25) is 0 Å². The van der Waals surface area contributed by atoms with Crippen molar-refractivity contribution < 1.29 is 19.7 Å². The van der Waals surface area contributed by atoms with Gasteiger partial charge < -0.3 is 19.7 Å². The Hall–Kier alpha value is -1.06. The molecule has 0 aromatic rings. The minimum absolute atomic E-state index is 0.109. The van der Waals surface area contributed by atoms with Crippen LogP contribution in [0.15, 0.2) is 11.9 Å². The zero-order chi connectivity index (χ0) is 22.1. The van der Waals surface area contributed by atoms with Crippen LogP contribution in [0.25, 0.3) is 0 Å². The maximum Gasteiger partial charge on any atom is 0.363 e. The van der Waals surface area contributed by atoms with Crippen LogP contribution in [0.4, 0.5) is 0 Å². The maximum absolute atomic E-state index is 9.32. The fourth-order valence-electron chi connectivity index (χ4n) is 3.68. The van der Waals surface area contributed by atoms with Crippen molar-refractivity contribution in [2.75, 3.05) is 13.2 Å². The van der Waals surface area contributed by atoms with E-state index in [1.54, 1.807) is 0 Å². The van der Waals surface area contributed by atoms with E-state index in [-0.39, 0.29) is 5.95 Å². The van der Waals surface area contributed by atoms with Gasteiger partial charge in [0.15, 0.2) is 0 Å². The van der Waals surface area contributed by atoms with Gasteiger partial charge in [-0.1, -0.05) is 129 Å². The van der Waals surface area contributed by atoms with E-state index in [4.69, 9.17) is 9.47 Å². The van der Waals surface area contributed by atoms with E-state index in [0.29, 0.717) is 13.2 Å². The van der Waals surface area contributed by atoms with Crippen LogP contribution in [0.1, 0.15) is 142 Å². The first-order valence-electron chi connectivity index (χ1n) is 13.1. The Morgan fingerprint density at radius 3 is 0.967 bits per heavy atom. The number of ether oxygens (including phenoxy) is 2. The van der Waals surface area contributed by atoms with Crippen LogP contribution in [0.2, 0.25) is 0 Å². The summed E-state index contributed by atoms with van der Waals surface area (Å²) in [7, 11) is 0. The Morgan fingerprint density at radius 1 is 0.433 bits per heavy atom. The van der Waals surface area contributed by atoms with E-state index in [2.05, 4.69) is 13.8 Å². The molecular formula is C26H52O4. The summed E-state index contributed by atoms with van der Waals surface area (Å²) in [5.74, 6) is -0.948. The minimum atomic E-state index is -0.839. The van der Waals surface area contributed by atoms with Crippen LogP contribution < -0.4 is 0 Å². The Morgan fingerprint density at radius 2 is 0.700 bits per heavy atom. The second-order valence-corrected chi connectivity index (χ2v) is 8.67. The number of unbranched alkanes of at least 4 members (excludes halogenated alkanes) is 18. The molecule has 0 fully saturated rings. The largest absolute Gasteiger partial charge is 0.476 e. The van der Waals surface area contributed by atoms with Crippen LogP contribution in [0, 0.1) is 0 Å². The molecule has 0 saturated heterocycles. The van der Waals surface area contributed by atoms with Crippen molar-refractivity contribution >= 4 is 0 Å². The summed E-state index contributed by atoms with van der Waals surface area (Å²) in [5, 5.41) is 18.6. The highest BCUT2D eigenvalue weighted by Gasteiger charge is 2.08. The minimum Gasteiger partial charge on any atom is -0.476 e. The molecule has 4 heteroatoms. The first-order valence-corrected chi connectivity index (χ1v) is 13.1. The molecule has 0 heterocycles. The molecule has 0 spiro atoms. The van der Waals surface area contributed by atoms with Crippen molar-refractivity contribution in [3.8, 4) is 0 Å². The summed E-state index contributed by atoms with van der Waals surface area (Å²) >= 11 is 0. The molecule has 0 atom stereocenters. The highest BCUT2D eigenvalue weighted by molar-refractivity contribution is 4.81. The van der Waals surface area contributed by atoms with Gasteiger partial charge in [0, 0.05) is 0 Å². The fourth-order valence-corrected chi connectivity index (χ4v) is 3.68. The van der Waals surface area contributed by atoms with E-state index in [1.165, 1.54) is 103 Å². The van der Waals surface area contributed by atoms with E-state index >= 15 is 0 Å². The zero-order valence-corrected chi connectivity index (χ0v) is 20.3. The average molecular weight is 429 g/mol. The molecule has 0 saturated carbocycles. The molecule has 0 aromatic heterocycles. The van der Waals surface area contributed by atoms with Crippen molar-refractivity contribution in [2.45, 2.75) is 142 Å². The number of hydrogen-bond donors (Lipinski definition) is 2. The molecule has 0 aromatic carbocycles. The van der Waals surface area contributed by atoms with Gasteiger partial charge in [0.05, 0.1) is 13.2 Å². The molecule has 0 radical (unpaired) electrons. The smallest absolute Gasteiger partial charge is 0.363 e. The highest BCUT2D eigenvalue weighted by Crippen LogP contribution is 2.13. The van der Waals surface area contributed by atoms with Gasteiger partial charge in [0.25, 0.3) is 0 Å². The third kappa shape index (κ3) is 21.6. The third-order valence-corrected chi connectivity index (χ3v) is 5.64. The maximum atomic E-state index is 9.32.